The molecule has 0 saturated carbocycles. The topological polar surface area (TPSA) is 83.1 Å². The summed E-state index contributed by atoms with van der Waals surface area (Å²) in [5.41, 5.74) is 0.276. The Hall–Kier alpha value is -1.29. The normalized spacial score (nSPS) is 16.1. The van der Waals surface area contributed by atoms with E-state index in [1.807, 2.05) is 27.0 Å². The molecular weight excluding hydrogens is 469 g/mol. The lowest BCUT2D eigenvalue weighted by Crippen LogP contribution is -2.42. The molecule has 0 aromatic carbocycles. The number of nitrogens with zero attached hydrogens (tertiary/aromatic N) is 3. The lowest BCUT2D eigenvalue weighted by Gasteiger charge is -2.33. The molecule has 1 fully saturated rings. The summed E-state index contributed by atoms with van der Waals surface area (Å²) in [6.07, 6.45) is 3.52. The average molecular weight is 492 g/mol. The molecule has 0 unspecified atom stereocenters. The van der Waals surface area contributed by atoms with Crippen LogP contribution in [0.3, 0.4) is 0 Å². The molecule has 3 heterocycles. The molecule has 26 heavy (non-hydrogen) atoms. The van der Waals surface area contributed by atoms with Crippen molar-refractivity contribution in [2.24, 2.45) is 5.92 Å². The van der Waals surface area contributed by atoms with Gasteiger partial charge in [-0.05, 0) is 73.7 Å². The fourth-order valence-electron chi connectivity index (χ4n) is 2.98. The first-order valence-corrected chi connectivity index (χ1v) is 10.1. The molecule has 2 aromatic heterocycles. The van der Waals surface area contributed by atoms with Gasteiger partial charge in [0.05, 0.1) is 5.39 Å². The van der Waals surface area contributed by atoms with Crippen molar-refractivity contribution in [1.82, 2.24) is 19.9 Å². The lowest BCUT2D eigenvalue weighted by atomic mass is 9.97. The van der Waals surface area contributed by atoms with E-state index in [4.69, 9.17) is 16.3 Å². The Labute approximate surface area is 171 Å². The molecule has 1 saturated heterocycles. The summed E-state index contributed by atoms with van der Waals surface area (Å²) in [4.78, 5) is 25.6. The first-order chi connectivity index (χ1) is 12.2. The minimum Gasteiger partial charge on any atom is -0.444 e. The molecule has 0 aliphatic carbocycles. The van der Waals surface area contributed by atoms with E-state index in [0.717, 1.165) is 39.8 Å². The maximum absolute atomic E-state index is 12.1. The number of aromatic nitrogens is 3. The van der Waals surface area contributed by atoms with Gasteiger partial charge in [0, 0.05) is 29.4 Å². The zero-order chi connectivity index (χ0) is 18.9. The Kier molecular flexibility index (Phi) is 5.81. The SMILES string of the molecule is CC(C)(C)OC(=O)N1CCC(CNc2nc(Cl)nc3[nH]cc(I)c23)CC1. The molecule has 142 valence electrons. The van der Waals surface area contributed by atoms with Gasteiger partial charge in [-0.1, -0.05) is 0 Å². The standard InChI is InChI=1S/C17H23ClIN5O2/c1-17(2,3)26-16(25)24-6-4-10(5-7-24)8-20-13-12-11(19)9-21-14(12)23-15(18)22-13/h9-10H,4-8H2,1-3H3,(H2,20,21,22,23). The fraction of sp³-hybridized carbons (Fsp3) is 0.588. The smallest absolute Gasteiger partial charge is 0.410 e. The Morgan fingerprint density at radius 1 is 1.42 bits per heavy atom. The second-order valence-electron chi connectivity index (χ2n) is 7.49. The quantitative estimate of drug-likeness (QED) is 0.495. The number of piperidine rings is 1. The number of carbonyl (C=O) groups excluding carboxylic acids is 1. The van der Waals surface area contributed by atoms with Crippen molar-refractivity contribution < 1.29 is 9.53 Å². The second kappa shape index (κ2) is 7.75. The van der Waals surface area contributed by atoms with E-state index < -0.39 is 5.60 Å². The van der Waals surface area contributed by atoms with E-state index in [1.54, 1.807) is 4.90 Å². The van der Waals surface area contributed by atoms with Crippen LogP contribution >= 0.6 is 34.2 Å². The van der Waals surface area contributed by atoms with Gasteiger partial charge < -0.3 is 19.9 Å². The van der Waals surface area contributed by atoms with Crippen LogP contribution in [0.2, 0.25) is 5.28 Å². The summed E-state index contributed by atoms with van der Waals surface area (Å²) in [7, 11) is 0. The Morgan fingerprint density at radius 2 is 2.12 bits per heavy atom. The van der Waals surface area contributed by atoms with Crippen molar-refractivity contribution in [1.29, 1.82) is 0 Å². The third kappa shape index (κ3) is 4.70. The summed E-state index contributed by atoms with van der Waals surface area (Å²) in [5, 5.41) is 4.59. The van der Waals surface area contributed by atoms with Gasteiger partial charge in [0.1, 0.15) is 17.1 Å². The first kappa shape index (κ1) is 19.5. The predicted octanol–water partition coefficient (Wildman–Crippen LogP) is 4.27. The van der Waals surface area contributed by atoms with Crippen LogP contribution in [0.25, 0.3) is 11.0 Å². The number of nitrogens with one attached hydrogen (secondary N) is 2. The van der Waals surface area contributed by atoms with Gasteiger partial charge in [-0.2, -0.15) is 4.98 Å². The van der Waals surface area contributed by atoms with Gasteiger partial charge in [-0.15, -0.1) is 0 Å². The molecule has 7 nitrogen and oxygen atoms in total. The number of anilines is 1. The van der Waals surface area contributed by atoms with Crippen LogP contribution in [0.1, 0.15) is 33.6 Å². The monoisotopic (exact) mass is 491 g/mol. The number of halogens is 2. The maximum Gasteiger partial charge on any atom is 0.410 e. The highest BCUT2D eigenvalue weighted by Crippen LogP contribution is 2.27. The molecule has 1 amide bonds. The van der Waals surface area contributed by atoms with Gasteiger partial charge in [0.25, 0.3) is 0 Å². The number of carbonyl (C=O) groups is 1. The molecule has 9 heteroatoms. The summed E-state index contributed by atoms with van der Waals surface area (Å²) in [6, 6.07) is 0. The van der Waals surface area contributed by atoms with E-state index in [2.05, 4.69) is 42.9 Å². The van der Waals surface area contributed by atoms with Crippen LogP contribution in [0.4, 0.5) is 10.6 Å². The van der Waals surface area contributed by atoms with E-state index in [0.29, 0.717) is 19.0 Å². The molecule has 2 aromatic rings. The molecule has 2 N–H and O–H groups in total. The van der Waals surface area contributed by atoms with Crippen LogP contribution in [0.5, 0.6) is 0 Å². The van der Waals surface area contributed by atoms with Crippen LogP contribution in [-0.4, -0.2) is 51.2 Å². The van der Waals surface area contributed by atoms with Gasteiger partial charge >= 0.3 is 6.09 Å². The number of likely N-dealkylation sites (tertiary alicyclic amines) is 1. The molecule has 0 spiro atoms. The highest BCUT2D eigenvalue weighted by atomic mass is 127. The largest absolute Gasteiger partial charge is 0.444 e. The third-order valence-electron chi connectivity index (χ3n) is 4.28. The van der Waals surface area contributed by atoms with E-state index in [1.165, 1.54) is 0 Å². The minimum atomic E-state index is -0.457. The molecule has 0 radical (unpaired) electrons. The van der Waals surface area contributed by atoms with E-state index in [9.17, 15) is 4.79 Å². The summed E-state index contributed by atoms with van der Waals surface area (Å²) < 4.78 is 6.50. The fourth-order valence-corrected chi connectivity index (χ4v) is 3.82. The van der Waals surface area contributed by atoms with Gasteiger partial charge in [0.15, 0.2) is 0 Å². The van der Waals surface area contributed by atoms with Crippen LogP contribution in [-0.2, 0) is 4.74 Å². The molecule has 1 aliphatic heterocycles. The maximum atomic E-state index is 12.1. The summed E-state index contributed by atoms with van der Waals surface area (Å²) in [5.74, 6) is 1.22. The number of rotatable bonds is 3. The number of aromatic amines is 1. The van der Waals surface area contributed by atoms with E-state index >= 15 is 0 Å². The number of H-pyrrole nitrogens is 1. The van der Waals surface area contributed by atoms with Crippen molar-refractivity contribution in [3.05, 3.63) is 15.1 Å². The average Bonchev–Trinajstić information content (AvgIpc) is 2.92. The van der Waals surface area contributed by atoms with Crippen molar-refractivity contribution >= 4 is 57.1 Å². The van der Waals surface area contributed by atoms with Gasteiger partial charge in [0.2, 0.25) is 5.28 Å². The van der Waals surface area contributed by atoms with Crippen LogP contribution in [0.15, 0.2) is 6.20 Å². The highest BCUT2D eigenvalue weighted by molar-refractivity contribution is 14.1. The number of ether oxygens (including phenoxy) is 1. The Bertz CT molecular complexity index is 796. The van der Waals surface area contributed by atoms with Crippen molar-refractivity contribution in [3.8, 4) is 0 Å². The number of amides is 1. The minimum absolute atomic E-state index is 0.220. The predicted molar refractivity (Wildman–Crippen MR) is 111 cm³/mol. The van der Waals surface area contributed by atoms with Crippen LogP contribution in [0, 0.1) is 9.49 Å². The number of hydrogen-bond acceptors (Lipinski definition) is 5. The van der Waals surface area contributed by atoms with Gasteiger partial charge in [-0.3, -0.25) is 0 Å². The van der Waals surface area contributed by atoms with Crippen molar-refractivity contribution in [3.63, 3.8) is 0 Å². The molecule has 3 rings (SSSR count). The molecule has 0 atom stereocenters. The Balaban J connectivity index is 1.56. The number of fused-ring (bicyclic) bond motifs is 1. The lowest BCUT2D eigenvalue weighted by molar-refractivity contribution is 0.0188. The summed E-state index contributed by atoms with van der Waals surface area (Å²) in [6.45, 7) is 7.87. The zero-order valence-electron chi connectivity index (χ0n) is 15.1. The first-order valence-electron chi connectivity index (χ1n) is 8.65. The third-order valence-corrected chi connectivity index (χ3v) is 5.30. The second-order valence-corrected chi connectivity index (χ2v) is 8.99. The van der Waals surface area contributed by atoms with Crippen LogP contribution < -0.4 is 5.32 Å². The molecule has 1 aliphatic rings. The highest BCUT2D eigenvalue weighted by Gasteiger charge is 2.27. The Morgan fingerprint density at radius 3 is 2.77 bits per heavy atom. The van der Waals surface area contributed by atoms with Gasteiger partial charge in [-0.25, -0.2) is 9.78 Å². The summed E-state index contributed by atoms with van der Waals surface area (Å²) >= 11 is 8.27. The number of hydrogen-bond donors (Lipinski definition) is 2. The van der Waals surface area contributed by atoms with E-state index in [-0.39, 0.29) is 11.4 Å². The zero-order valence-corrected chi connectivity index (χ0v) is 18.0. The van der Waals surface area contributed by atoms with Crippen molar-refractivity contribution in [2.45, 2.75) is 39.2 Å². The molecule has 0 bridgehead atoms. The van der Waals surface area contributed by atoms with Crippen molar-refractivity contribution in [2.75, 3.05) is 25.0 Å². The molecular formula is C17H23ClIN5O2.